The Bertz CT molecular complexity index is 520. The summed E-state index contributed by atoms with van der Waals surface area (Å²) < 4.78 is 10.3. The van der Waals surface area contributed by atoms with Crippen molar-refractivity contribution in [2.75, 3.05) is 40.5 Å². The minimum absolute atomic E-state index is 0.0820. The Hall–Kier alpha value is -1.79. The van der Waals surface area contributed by atoms with Gasteiger partial charge in [0.2, 0.25) is 0 Å². The number of carbonyl (C=O) groups excluding carboxylic acids is 1. The Kier molecular flexibility index (Phi) is 6.87. The summed E-state index contributed by atoms with van der Waals surface area (Å²) in [7, 11) is 3.29. The second-order valence-electron chi connectivity index (χ2n) is 6.43. The van der Waals surface area contributed by atoms with Gasteiger partial charge in [-0.1, -0.05) is 12.1 Å². The third-order valence-corrected chi connectivity index (χ3v) is 4.72. The zero-order valence-corrected chi connectivity index (χ0v) is 14.6. The zero-order valence-electron chi connectivity index (χ0n) is 14.6. The van der Waals surface area contributed by atoms with Crippen molar-refractivity contribution in [2.45, 2.75) is 25.8 Å². The van der Waals surface area contributed by atoms with Crippen LogP contribution in [-0.4, -0.2) is 56.6 Å². The molecule has 2 N–H and O–H groups in total. The molecule has 0 radical (unpaired) electrons. The Balaban J connectivity index is 1.88. The van der Waals surface area contributed by atoms with Gasteiger partial charge < -0.3 is 24.8 Å². The standard InChI is InChI=1S/C18H28N2O4/c1-23-11-9-18(14-21)8-3-10-20(13-18)17(22)19-12-15-4-6-16(24-2)7-5-15/h4-7,21H,3,8-14H2,1-2H3,(H,19,22)/t18-/m1/s1. The van der Waals surface area contributed by atoms with Crippen molar-refractivity contribution >= 4 is 6.03 Å². The molecule has 1 saturated heterocycles. The SMILES string of the molecule is COCC[C@]1(CO)CCCN(C(=O)NCc2ccc(OC)cc2)C1. The summed E-state index contributed by atoms with van der Waals surface area (Å²) in [4.78, 5) is 14.3. The number of hydrogen-bond acceptors (Lipinski definition) is 4. The van der Waals surface area contributed by atoms with E-state index in [0.717, 1.165) is 37.1 Å². The van der Waals surface area contributed by atoms with Gasteiger partial charge in [0.15, 0.2) is 0 Å². The largest absolute Gasteiger partial charge is 0.497 e. The molecule has 2 rings (SSSR count). The molecule has 1 aliphatic rings. The highest BCUT2D eigenvalue weighted by Gasteiger charge is 2.36. The summed E-state index contributed by atoms with van der Waals surface area (Å²) in [6, 6.07) is 7.55. The van der Waals surface area contributed by atoms with E-state index in [1.54, 1.807) is 19.1 Å². The van der Waals surface area contributed by atoms with Crippen molar-refractivity contribution in [1.29, 1.82) is 0 Å². The quantitative estimate of drug-likeness (QED) is 0.799. The Morgan fingerprint density at radius 3 is 2.71 bits per heavy atom. The van der Waals surface area contributed by atoms with Crippen LogP contribution in [0.3, 0.4) is 0 Å². The molecule has 0 bridgehead atoms. The van der Waals surface area contributed by atoms with Crippen LogP contribution in [0.15, 0.2) is 24.3 Å². The van der Waals surface area contributed by atoms with Crippen LogP contribution >= 0.6 is 0 Å². The number of likely N-dealkylation sites (tertiary alicyclic amines) is 1. The molecule has 134 valence electrons. The lowest BCUT2D eigenvalue weighted by Gasteiger charge is -2.41. The fraction of sp³-hybridized carbons (Fsp3) is 0.611. The number of nitrogens with zero attached hydrogens (tertiary/aromatic N) is 1. The van der Waals surface area contributed by atoms with E-state index >= 15 is 0 Å². The molecular weight excluding hydrogens is 308 g/mol. The second-order valence-corrected chi connectivity index (χ2v) is 6.43. The lowest BCUT2D eigenvalue weighted by atomic mass is 9.78. The van der Waals surface area contributed by atoms with Crippen LogP contribution in [0, 0.1) is 5.41 Å². The Morgan fingerprint density at radius 2 is 2.08 bits per heavy atom. The molecule has 1 aromatic rings. The molecule has 1 aromatic carbocycles. The molecule has 0 aliphatic carbocycles. The van der Waals surface area contributed by atoms with Gasteiger partial charge in [0.1, 0.15) is 5.75 Å². The average Bonchev–Trinajstić information content (AvgIpc) is 2.65. The van der Waals surface area contributed by atoms with E-state index < -0.39 is 0 Å². The first kappa shape index (κ1) is 18.5. The van der Waals surface area contributed by atoms with E-state index in [0.29, 0.717) is 19.7 Å². The van der Waals surface area contributed by atoms with Crippen molar-refractivity contribution < 1.29 is 19.4 Å². The molecule has 6 heteroatoms. The van der Waals surface area contributed by atoms with Crippen LogP contribution < -0.4 is 10.1 Å². The number of aliphatic hydroxyl groups is 1. The van der Waals surface area contributed by atoms with E-state index in [-0.39, 0.29) is 18.1 Å². The zero-order chi connectivity index (χ0) is 17.4. The Labute approximate surface area is 143 Å². The number of nitrogens with one attached hydrogen (secondary N) is 1. The minimum atomic E-state index is -0.244. The molecule has 0 aromatic heterocycles. The molecule has 1 heterocycles. The summed E-state index contributed by atoms with van der Waals surface area (Å²) in [6.45, 7) is 2.45. The van der Waals surface area contributed by atoms with E-state index in [4.69, 9.17) is 9.47 Å². The first-order valence-corrected chi connectivity index (χ1v) is 8.38. The van der Waals surface area contributed by atoms with Crippen LogP contribution in [0.2, 0.25) is 0 Å². The topological polar surface area (TPSA) is 71.0 Å². The normalized spacial score (nSPS) is 20.7. The number of rotatable bonds is 7. The third kappa shape index (κ3) is 4.85. The van der Waals surface area contributed by atoms with Crippen LogP contribution in [0.4, 0.5) is 4.79 Å². The lowest BCUT2D eigenvalue weighted by molar-refractivity contribution is 0.0200. The minimum Gasteiger partial charge on any atom is -0.497 e. The molecule has 0 saturated carbocycles. The molecule has 0 unspecified atom stereocenters. The first-order chi connectivity index (χ1) is 11.6. The van der Waals surface area contributed by atoms with Gasteiger partial charge in [0.25, 0.3) is 0 Å². The van der Waals surface area contributed by atoms with Crippen molar-refractivity contribution in [2.24, 2.45) is 5.41 Å². The number of ether oxygens (including phenoxy) is 2. The number of piperidine rings is 1. The highest BCUT2D eigenvalue weighted by atomic mass is 16.5. The van der Waals surface area contributed by atoms with E-state index in [9.17, 15) is 9.90 Å². The van der Waals surface area contributed by atoms with Crippen molar-refractivity contribution in [1.82, 2.24) is 10.2 Å². The summed E-state index contributed by atoms with van der Waals surface area (Å²) in [5.41, 5.74) is 0.778. The number of amides is 2. The van der Waals surface area contributed by atoms with Gasteiger partial charge in [0, 0.05) is 38.8 Å². The van der Waals surface area contributed by atoms with Gasteiger partial charge >= 0.3 is 6.03 Å². The van der Waals surface area contributed by atoms with E-state index in [1.807, 2.05) is 24.3 Å². The summed E-state index contributed by atoms with van der Waals surface area (Å²) in [5.74, 6) is 0.798. The van der Waals surface area contributed by atoms with Crippen molar-refractivity contribution in [3.63, 3.8) is 0 Å². The Morgan fingerprint density at radius 1 is 1.33 bits per heavy atom. The number of methoxy groups -OCH3 is 2. The third-order valence-electron chi connectivity index (χ3n) is 4.72. The molecule has 2 amide bonds. The summed E-state index contributed by atoms with van der Waals surface area (Å²) in [5, 5.41) is 12.8. The summed E-state index contributed by atoms with van der Waals surface area (Å²) >= 11 is 0. The van der Waals surface area contributed by atoms with Crippen LogP contribution in [-0.2, 0) is 11.3 Å². The number of carbonyl (C=O) groups is 1. The molecule has 1 atom stereocenters. The maximum absolute atomic E-state index is 12.4. The predicted molar refractivity (Wildman–Crippen MR) is 92.0 cm³/mol. The fourth-order valence-electron chi connectivity index (χ4n) is 3.14. The molecule has 0 spiro atoms. The smallest absolute Gasteiger partial charge is 0.317 e. The van der Waals surface area contributed by atoms with Gasteiger partial charge in [-0.25, -0.2) is 4.79 Å². The monoisotopic (exact) mass is 336 g/mol. The molecular formula is C18H28N2O4. The fourth-order valence-corrected chi connectivity index (χ4v) is 3.14. The van der Waals surface area contributed by atoms with E-state index in [1.165, 1.54) is 0 Å². The van der Waals surface area contributed by atoms with Gasteiger partial charge in [-0.3, -0.25) is 0 Å². The highest BCUT2D eigenvalue weighted by molar-refractivity contribution is 5.74. The van der Waals surface area contributed by atoms with Gasteiger partial charge in [-0.05, 0) is 37.0 Å². The maximum atomic E-state index is 12.4. The van der Waals surface area contributed by atoms with Gasteiger partial charge in [-0.2, -0.15) is 0 Å². The number of urea groups is 1. The summed E-state index contributed by atoms with van der Waals surface area (Å²) in [6.07, 6.45) is 2.59. The van der Waals surface area contributed by atoms with Crippen LogP contribution in [0.25, 0.3) is 0 Å². The van der Waals surface area contributed by atoms with Crippen molar-refractivity contribution in [3.05, 3.63) is 29.8 Å². The predicted octanol–water partition coefficient (Wildman–Crippen LogP) is 2.02. The number of aliphatic hydroxyl groups excluding tert-OH is 1. The number of hydrogen-bond donors (Lipinski definition) is 2. The number of benzene rings is 1. The van der Waals surface area contributed by atoms with Gasteiger partial charge in [0.05, 0.1) is 13.7 Å². The second kappa shape index (κ2) is 8.89. The van der Waals surface area contributed by atoms with Gasteiger partial charge in [-0.15, -0.1) is 0 Å². The van der Waals surface area contributed by atoms with E-state index in [2.05, 4.69) is 5.32 Å². The first-order valence-electron chi connectivity index (χ1n) is 8.38. The van der Waals surface area contributed by atoms with Crippen LogP contribution in [0.1, 0.15) is 24.8 Å². The van der Waals surface area contributed by atoms with Crippen molar-refractivity contribution in [3.8, 4) is 5.75 Å². The average molecular weight is 336 g/mol. The van der Waals surface area contributed by atoms with Crippen LogP contribution in [0.5, 0.6) is 5.75 Å². The molecule has 1 aliphatic heterocycles. The molecule has 1 fully saturated rings. The lowest BCUT2D eigenvalue weighted by Crippen LogP contribution is -2.51. The maximum Gasteiger partial charge on any atom is 0.317 e. The molecule has 6 nitrogen and oxygen atoms in total. The highest BCUT2D eigenvalue weighted by Crippen LogP contribution is 2.33. The molecule has 24 heavy (non-hydrogen) atoms.